The number of nitrogens with zero attached hydrogens (tertiary/aromatic N) is 2. The van der Waals surface area contributed by atoms with Crippen LogP contribution < -0.4 is 14.8 Å². The maximum Gasteiger partial charge on any atom is 0.322 e. The summed E-state index contributed by atoms with van der Waals surface area (Å²) in [4.78, 5) is 13.5. The number of anilines is 1. The van der Waals surface area contributed by atoms with Gasteiger partial charge in [0.25, 0.3) is 5.91 Å². The van der Waals surface area contributed by atoms with E-state index in [4.69, 9.17) is 13.9 Å². The molecule has 26 heavy (non-hydrogen) atoms. The Labute approximate surface area is 153 Å². The molecule has 0 atom stereocenters. The number of carbonyl (C=O) groups excluding carboxylic acids is 1. The van der Waals surface area contributed by atoms with Gasteiger partial charge in [0.1, 0.15) is 0 Å². The third-order valence-electron chi connectivity index (χ3n) is 3.84. The molecule has 0 fully saturated rings. The van der Waals surface area contributed by atoms with Gasteiger partial charge >= 0.3 is 6.01 Å². The summed E-state index contributed by atoms with van der Waals surface area (Å²) in [7, 11) is 0. The Morgan fingerprint density at radius 2 is 1.92 bits per heavy atom. The topological polar surface area (TPSA) is 86.5 Å². The third kappa shape index (κ3) is 3.50. The second-order valence-corrected chi connectivity index (χ2v) is 6.43. The quantitative estimate of drug-likeness (QED) is 0.690. The molecule has 7 nitrogen and oxygen atoms in total. The van der Waals surface area contributed by atoms with Crippen LogP contribution in [-0.4, -0.2) is 29.2 Å². The largest absolute Gasteiger partial charge is 0.454 e. The highest BCUT2D eigenvalue weighted by atomic mass is 32.2. The van der Waals surface area contributed by atoms with Crippen LogP contribution in [0.5, 0.6) is 11.5 Å². The Bertz CT molecular complexity index is 940. The summed E-state index contributed by atoms with van der Waals surface area (Å²) in [6.07, 6.45) is 2.53. The highest BCUT2D eigenvalue weighted by Gasteiger charge is 2.17. The van der Waals surface area contributed by atoms with E-state index in [1.165, 1.54) is 4.90 Å². The molecule has 1 amide bonds. The number of benzene rings is 2. The zero-order valence-corrected chi connectivity index (χ0v) is 14.7. The number of thioether (sulfide) groups is 1. The first kappa shape index (κ1) is 16.5. The lowest BCUT2D eigenvalue weighted by atomic mass is 10.1. The van der Waals surface area contributed by atoms with Crippen LogP contribution in [-0.2, 0) is 6.42 Å². The van der Waals surface area contributed by atoms with Crippen molar-refractivity contribution in [2.75, 3.05) is 18.4 Å². The molecule has 1 N–H and O–H groups in total. The molecule has 2 aromatic carbocycles. The van der Waals surface area contributed by atoms with E-state index in [0.29, 0.717) is 29.4 Å². The van der Waals surface area contributed by atoms with Crippen LogP contribution in [0.4, 0.5) is 6.01 Å². The van der Waals surface area contributed by atoms with Crippen LogP contribution in [0.1, 0.15) is 21.8 Å². The maximum atomic E-state index is 12.3. The molecule has 0 bridgehead atoms. The van der Waals surface area contributed by atoms with Gasteiger partial charge in [-0.2, -0.15) is 0 Å². The van der Waals surface area contributed by atoms with Crippen LogP contribution in [0.3, 0.4) is 0 Å². The van der Waals surface area contributed by atoms with Gasteiger partial charge < -0.3 is 13.9 Å². The van der Waals surface area contributed by atoms with Crippen molar-refractivity contribution in [2.45, 2.75) is 11.3 Å². The molecule has 0 spiro atoms. The molecule has 0 radical (unpaired) electrons. The molecule has 1 aliphatic rings. The normalized spacial score (nSPS) is 12.2. The van der Waals surface area contributed by atoms with Gasteiger partial charge in [-0.1, -0.05) is 17.2 Å². The van der Waals surface area contributed by atoms with Gasteiger partial charge in [0.15, 0.2) is 11.5 Å². The van der Waals surface area contributed by atoms with E-state index in [0.717, 1.165) is 5.56 Å². The molecule has 4 rings (SSSR count). The molecule has 3 aromatic rings. The molecule has 0 saturated carbocycles. The van der Waals surface area contributed by atoms with Crippen molar-refractivity contribution in [3.63, 3.8) is 0 Å². The Balaban J connectivity index is 1.42. The number of amides is 1. The van der Waals surface area contributed by atoms with Crippen LogP contribution in [0.15, 0.2) is 51.8 Å². The van der Waals surface area contributed by atoms with Gasteiger partial charge in [0, 0.05) is 10.5 Å². The van der Waals surface area contributed by atoms with Crippen LogP contribution >= 0.6 is 11.8 Å². The van der Waals surface area contributed by atoms with Crippen molar-refractivity contribution in [1.29, 1.82) is 0 Å². The highest BCUT2D eigenvalue weighted by Crippen LogP contribution is 2.32. The van der Waals surface area contributed by atoms with Crippen molar-refractivity contribution in [3.05, 3.63) is 59.5 Å². The van der Waals surface area contributed by atoms with Crippen molar-refractivity contribution in [2.24, 2.45) is 0 Å². The van der Waals surface area contributed by atoms with E-state index in [2.05, 4.69) is 15.5 Å². The lowest BCUT2D eigenvalue weighted by Gasteiger charge is -2.02. The van der Waals surface area contributed by atoms with E-state index >= 15 is 0 Å². The smallest absolute Gasteiger partial charge is 0.322 e. The molecular formula is C18H15N3O4S. The molecule has 8 heteroatoms. The Morgan fingerprint density at radius 1 is 1.12 bits per heavy atom. The summed E-state index contributed by atoms with van der Waals surface area (Å²) >= 11 is 1.68. The summed E-state index contributed by atoms with van der Waals surface area (Å²) < 4.78 is 16.0. The zero-order valence-electron chi connectivity index (χ0n) is 13.9. The standard InChI is InChI=1S/C18H15N3O4S/c1-26-13-5-2-11(3-6-13)8-16-20-21-18(25-16)19-17(22)12-4-7-14-15(9-12)24-10-23-14/h2-7,9H,8,10H2,1H3,(H,19,21,22). The number of hydrogen-bond acceptors (Lipinski definition) is 7. The van der Waals surface area contributed by atoms with E-state index in [1.54, 1.807) is 30.0 Å². The van der Waals surface area contributed by atoms with Crippen molar-refractivity contribution < 1.29 is 18.7 Å². The first-order chi connectivity index (χ1) is 12.7. The lowest BCUT2D eigenvalue weighted by molar-refractivity contribution is 0.102. The Hall–Kier alpha value is -3.00. The molecule has 0 saturated heterocycles. The summed E-state index contributed by atoms with van der Waals surface area (Å²) in [5, 5.41) is 10.4. The van der Waals surface area contributed by atoms with Crippen LogP contribution in [0.25, 0.3) is 0 Å². The van der Waals surface area contributed by atoms with Gasteiger partial charge in [0.2, 0.25) is 12.7 Å². The number of aromatic nitrogens is 2. The first-order valence-electron chi connectivity index (χ1n) is 7.87. The number of hydrogen-bond donors (Lipinski definition) is 1. The van der Waals surface area contributed by atoms with Crippen LogP contribution in [0, 0.1) is 0 Å². The van der Waals surface area contributed by atoms with Gasteiger partial charge in [-0.05, 0) is 42.2 Å². The minimum Gasteiger partial charge on any atom is -0.454 e. The summed E-state index contributed by atoms with van der Waals surface area (Å²) in [6.45, 7) is 0.158. The van der Waals surface area contributed by atoms with E-state index in [9.17, 15) is 4.79 Å². The SMILES string of the molecule is CSc1ccc(Cc2nnc(NC(=O)c3ccc4c(c3)OCO4)o2)cc1. The minimum absolute atomic E-state index is 0.0587. The number of ether oxygens (including phenoxy) is 2. The average Bonchev–Trinajstić information content (AvgIpc) is 3.31. The highest BCUT2D eigenvalue weighted by molar-refractivity contribution is 7.98. The summed E-state index contributed by atoms with van der Waals surface area (Å²) in [5.41, 5.74) is 1.47. The number of rotatable bonds is 5. The average molecular weight is 369 g/mol. The van der Waals surface area contributed by atoms with Crippen molar-refractivity contribution in [1.82, 2.24) is 10.2 Å². The molecule has 1 aromatic heterocycles. The van der Waals surface area contributed by atoms with Crippen molar-refractivity contribution >= 4 is 23.7 Å². The van der Waals surface area contributed by atoms with Crippen LogP contribution in [0.2, 0.25) is 0 Å². The molecule has 0 aliphatic carbocycles. The van der Waals surface area contributed by atoms with Gasteiger partial charge in [-0.3, -0.25) is 10.1 Å². The molecule has 2 heterocycles. The molecule has 0 unspecified atom stereocenters. The Kier molecular flexibility index (Phi) is 4.49. The first-order valence-corrected chi connectivity index (χ1v) is 9.10. The monoisotopic (exact) mass is 369 g/mol. The van der Waals surface area contributed by atoms with Gasteiger partial charge in [-0.15, -0.1) is 16.9 Å². The van der Waals surface area contributed by atoms with Crippen molar-refractivity contribution in [3.8, 4) is 11.5 Å². The fourth-order valence-electron chi connectivity index (χ4n) is 2.50. The zero-order chi connectivity index (χ0) is 17.9. The predicted octanol–water partition coefficient (Wildman–Crippen LogP) is 3.36. The molecular weight excluding hydrogens is 354 g/mol. The van der Waals surface area contributed by atoms with E-state index < -0.39 is 0 Å². The Morgan fingerprint density at radius 3 is 2.73 bits per heavy atom. The van der Waals surface area contributed by atoms with Gasteiger partial charge in [-0.25, -0.2) is 0 Å². The number of fused-ring (bicyclic) bond motifs is 1. The van der Waals surface area contributed by atoms with Gasteiger partial charge in [0.05, 0.1) is 6.42 Å². The fourth-order valence-corrected chi connectivity index (χ4v) is 2.91. The second kappa shape index (κ2) is 7.09. The fraction of sp³-hybridized carbons (Fsp3) is 0.167. The number of nitrogens with one attached hydrogen (secondary N) is 1. The maximum absolute atomic E-state index is 12.3. The second-order valence-electron chi connectivity index (χ2n) is 5.55. The molecule has 1 aliphatic heterocycles. The predicted molar refractivity (Wildman–Crippen MR) is 95.8 cm³/mol. The van der Waals surface area contributed by atoms with E-state index in [1.807, 2.05) is 30.5 Å². The summed E-state index contributed by atoms with van der Waals surface area (Å²) in [6, 6.07) is 13.1. The van der Waals surface area contributed by atoms with E-state index in [-0.39, 0.29) is 18.7 Å². The molecule has 132 valence electrons. The number of carbonyl (C=O) groups is 1. The third-order valence-corrected chi connectivity index (χ3v) is 4.58. The minimum atomic E-state index is -0.358. The summed E-state index contributed by atoms with van der Waals surface area (Å²) in [5.74, 6) is 1.23. The lowest BCUT2D eigenvalue weighted by Crippen LogP contribution is -2.12.